The number of ether oxygens (including phenoxy) is 1. The van der Waals surface area contributed by atoms with Crippen LogP contribution in [0.3, 0.4) is 0 Å². The second kappa shape index (κ2) is 5.68. The fourth-order valence-corrected chi connectivity index (χ4v) is 2.15. The highest BCUT2D eigenvalue weighted by atomic mass is 35.5. The van der Waals surface area contributed by atoms with Crippen molar-refractivity contribution in [3.05, 3.63) is 52.4 Å². The van der Waals surface area contributed by atoms with Gasteiger partial charge in [-0.1, -0.05) is 17.7 Å². The van der Waals surface area contributed by atoms with Gasteiger partial charge in [-0.25, -0.2) is 0 Å². The molecule has 1 heterocycles. The van der Waals surface area contributed by atoms with Crippen molar-refractivity contribution in [3.63, 3.8) is 0 Å². The van der Waals surface area contributed by atoms with E-state index in [1.54, 1.807) is 0 Å². The summed E-state index contributed by atoms with van der Waals surface area (Å²) in [7, 11) is 0. The largest absolute Gasteiger partial charge is 0.479 e. The van der Waals surface area contributed by atoms with E-state index in [1.807, 2.05) is 51.1 Å². The lowest BCUT2D eigenvalue weighted by Crippen LogP contribution is -2.28. The summed E-state index contributed by atoms with van der Waals surface area (Å²) >= 11 is 6.17. The molecule has 2 aromatic rings. The molecule has 0 saturated heterocycles. The van der Waals surface area contributed by atoms with Gasteiger partial charge in [0.15, 0.2) is 6.10 Å². The summed E-state index contributed by atoms with van der Waals surface area (Å²) in [5.74, 6) is 2.16. The maximum Gasteiger partial charge on any atom is 0.171 e. The predicted octanol–water partition coefficient (Wildman–Crippen LogP) is 4.02. The molecule has 4 heteroatoms. The molecular weight excluding hydrogens is 262 g/mol. The molecular formula is C15H18ClNO2. The molecule has 0 fully saturated rings. The normalized spacial score (nSPS) is 14.2. The molecule has 102 valence electrons. The Balaban J connectivity index is 2.26. The molecule has 2 rings (SSSR count). The Bertz CT molecular complexity index is 563. The van der Waals surface area contributed by atoms with Crippen LogP contribution < -0.4 is 10.5 Å². The Morgan fingerprint density at radius 1 is 1.21 bits per heavy atom. The zero-order chi connectivity index (χ0) is 14.0. The monoisotopic (exact) mass is 279 g/mol. The highest BCUT2D eigenvalue weighted by molar-refractivity contribution is 6.32. The lowest BCUT2D eigenvalue weighted by molar-refractivity contribution is 0.152. The van der Waals surface area contributed by atoms with Crippen LogP contribution in [-0.2, 0) is 0 Å². The molecule has 2 N–H and O–H groups in total. The third kappa shape index (κ3) is 3.31. The van der Waals surface area contributed by atoms with Gasteiger partial charge in [0.2, 0.25) is 0 Å². The van der Waals surface area contributed by atoms with Crippen LogP contribution in [0.4, 0.5) is 0 Å². The Morgan fingerprint density at radius 3 is 2.47 bits per heavy atom. The third-order valence-corrected chi connectivity index (χ3v) is 3.16. The summed E-state index contributed by atoms with van der Waals surface area (Å²) in [4.78, 5) is 0. The van der Waals surface area contributed by atoms with Crippen LogP contribution in [-0.4, -0.2) is 6.04 Å². The Labute approximate surface area is 118 Å². The van der Waals surface area contributed by atoms with Gasteiger partial charge in [0.1, 0.15) is 17.3 Å². The molecule has 2 unspecified atom stereocenters. The summed E-state index contributed by atoms with van der Waals surface area (Å²) < 4.78 is 11.5. The lowest BCUT2D eigenvalue weighted by Gasteiger charge is -2.21. The van der Waals surface area contributed by atoms with E-state index >= 15 is 0 Å². The van der Waals surface area contributed by atoms with Crippen LogP contribution in [0.5, 0.6) is 5.75 Å². The van der Waals surface area contributed by atoms with Crippen LogP contribution in [0.25, 0.3) is 0 Å². The SMILES string of the molecule is Cc1ccc(OC(c2ccc(C)o2)C(C)N)c(Cl)c1. The van der Waals surface area contributed by atoms with Crippen molar-refractivity contribution in [3.8, 4) is 5.75 Å². The van der Waals surface area contributed by atoms with Gasteiger partial charge in [-0.3, -0.25) is 0 Å². The Kier molecular flexibility index (Phi) is 4.17. The quantitative estimate of drug-likeness (QED) is 0.920. The standard InChI is InChI=1S/C15H18ClNO2/c1-9-4-6-13(12(16)8-9)19-15(11(3)17)14-7-5-10(2)18-14/h4-8,11,15H,17H2,1-3H3. The van der Waals surface area contributed by atoms with Gasteiger partial charge < -0.3 is 14.9 Å². The first-order chi connectivity index (χ1) is 8.97. The molecule has 0 bridgehead atoms. The lowest BCUT2D eigenvalue weighted by atomic mass is 10.1. The van der Waals surface area contributed by atoms with Crippen molar-refractivity contribution in [1.82, 2.24) is 0 Å². The smallest absolute Gasteiger partial charge is 0.171 e. The van der Waals surface area contributed by atoms with Crippen molar-refractivity contribution in [2.24, 2.45) is 5.73 Å². The first kappa shape index (κ1) is 14.0. The van der Waals surface area contributed by atoms with E-state index in [2.05, 4.69) is 0 Å². The van der Waals surface area contributed by atoms with Crippen LogP contribution in [0.2, 0.25) is 5.02 Å². The average molecular weight is 280 g/mol. The highest BCUT2D eigenvalue weighted by Gasteiger charge is 2.22. The highest BCUT2D eigenvalue weighted by Crippen LogP contribution is 2.31. The van der Waals surface area contributed by atoms with Crippen molar-refractivity contribution < 1.29 is 9.15 Å². The molecule has 19 heavy (non-hydrogen) atoms. The zero-order valence-corrected chi connectivity index (χ0v) is 12.1. The number of nitrogens with two attached hydrogens (primary N) is 1. The third-order valence-electron chi connectivity index (χ3n) is 2.86. The van der Waals surface area contributed by atoms with Gasteiger partial charge in [-0.05, 0) is 50.6 Å². The van der Waals surface area contributed by atoms with E-state index in [1.165, 1.54) is 0 Å². The van der Waals surface area contributed by atoms with Crippen LogP contribution in [0.1, 0.15) is 30.1 Å². The van der Waals surface area contributed by atoms with Gasteiger partial charge >= 0.3 is 0 Å². The average Bonchev–Trinajstić information content (AvgIpc) is 2.74. The van der Waals surface area contributed by atoms with Crippen LogP contribution >= 0.6 is 11.6 Å². The maximum atomic E-state index is 6.17. The molecule has 0 aliphatic heterocycles. The summed E-state index contributed by atoms with van der Waals surface area (Å²) in [5.41, 5.74) is 7.06. The molecule has 2 atom stereocenters. The van der Waals surface area contributed by atoms with Crippen molar-refractivity contribution in [1.29, 1.82) is 0 Å². The summed E-state index contributed by atoms with van der Waals surface area (Å²) in [6.45, 7) is 5.75. The van der Waals surface area contributed by atoms with E-state index in [-0.39, 0.29) is 12.1 Å². The molecule has 1 aromatic carbocycles. The van der Waals surface area contributed by atoms with Crippen molar-refractivity contribution in [2.45, 2.75) is 32.9 Å². The van der Waals surface area contributed by atoms with E-state index < -0.39 is 0 Å². The van der Waals surface area contributed by atoms with E-state index in [0.29, 0.717) is 16.5 Å². The van der Waals surface area contributed by atoms with Crippen LogP contribution in [0.15, 0.2) is 34.7 Å². The number of benzene rings is 1. The molecule has 0 amide bonds. The zero-order valence-electron chi connectivity index (χ0n) is 11.3. The Morgan fingerprint density at radius 2 is 1.95 bits per heavy atom. The number of furan rings is 1. The Hall–Kier alpha value is -1.45. The first-order valence-electron chi connectivity index (χ1n) is 6.22. The molecule has 0 aliphatic carbocycles. The molecule has 0 saturated carbocycles. The molecule has 0 radical (unpaired) electrons. The van der Waals surface area contributed by atoms with Gasteiger partial charge in [-0.2, -0.15) is 0 Å². The van der Waals surface area contributed by atoms with E-state index in [0.717, 1.165) is 11.3 Å². The maximum absolute atomic E-state index is 6.17. The number of hydrogen-bond donors (Lipinski definition) is 1. The molecule has 0 aliphatic rings. The van der Waals surface area contributed by atoms with E-state index in [9.17, 15) is 0 Å². The van der Waals surface area contributed by atoms with Gasteiger partial charge in [0, 0.05) is 6.04 Å². The number of halogens is 1. The van der Waals surface area contributed by atoms with Gasteiger partial charge in [-0.15, -0.1) is 0 Å². The number of aryl methyl sites for hydroxylation is 2. The predicted molar refractivity (Wildman–Crippen MR) is 76.7 cm³/mol. The summed E-state index contributed by atoms with van der Waals surface area (Å²) in [5, 5.41) is 0.578. The molecule has 0 spiro atoms. The van der Waals surface area contributed by atoms with E-state index in [4.69, 9.17) is 26.5 Å². The number of rotatable bonds is 4. The minimum atomic E-state index is -0.353. The minimum absolute atomic E-state index is 0.206. The van der Waals surface area contributed by atoms with Crippen molar-refractivity contribution in [2.75, 3.05) is 0 Å². The fourth-order valence-electron chi connectivity index (χ4n) is 1.87. The molecule has 3 nitrogen and oxygen atoms in total. The van der Waals surface area contributed by atoms with Gasteiger partial charge in [0.05, 0.1) is 5.02 Å². The summed E-state index contributed by atoms with van der Waals surface area (Å²) in [6.07, 6.45) is -0.353. The number of hydrogen-bond acceptors (Lipinski definition) is 3. The molecule has 1 aromatic heterocycles. The second-order valence-electron chi connectivity index (χ2n) is 4.78. The summed E-state index contributed by atoms with van der Waals surface area (Å²) in [6, 6.07) is 9.23. The van der Waals surface area contributed by atoms with Crippen molar-refractivity contribution >= 4 is 11.6 Å². The second-order valence-corrected chi connectivity index (χ2v) is 5.19. The van der Waals surface area contributed by atoms with Gasteiger partial charge in [0.25, 0.3) is 0 Å². The van der Waals surface area contributed by atoms with Crippen LogP contribution in [0, 0.1) is 13.8 Å². The minimum Gasteiger partial charge on any atom is -0.479 e. The fraction of sp³-hybridized carbons (Fsp3) is 0.333. The first-order valence-corrected chi connectivity index (χ1v) is 6.60. The topological polar surface area (TPSA) is 48.4 Å².